The fourth-order valence-electron chi connectivity index (χ4n) is 3.69. The van der Waals surface area contributed by atoms with Crippen molar-refractivity contribution in [3.8, 4) is 11.5 Å². The van der Waals surface area contributed by atoms with Crippen LogP contribution in [0.4, 0.5) is 4.79 Å². The molecule has 178 valence electrons. The minimum Gasteiger partial charge on any atom is -0.497 e. The maximum Gasteiger partial charge on any atom is 0.320 e. The van der Waals surface area contributed by atoms with Crippen LogP contribution in [0.15, 0.2) is 18.2 Å². The Balaban J connectivity index is 2.06. The van der Waals surface area contributed by atoms with Crippen molar-refractivity contribution in [1.82, 2.24) is 20.0 Å². The summed E-state index contributed by atoms with van der Waals surface area (Å²) in [5, 5.41) is 2.87. The molecule has 1 unspecified atom stereocenters. The summed E-state index contributed by atoms with van der Waals surface area (Å²) in [4.78, 5) is 44.0. The first kappa shape index (κ1) is 25.3. The second-order valence-electron chi connectivity index (χ2n) is 8.06. The summed E-state index contributed by atoms with van der Waals surface area (Å²) in [6.45, 7) is 10.9. The zero-order chi connectivity index (χ0) is 23.8. The molecule has 0 spiro atoms. The Morgan fingerprint density at radius 3 is 1.88 bits per heavy atom. The van der Waals surface area contributed by atoms with E-state index in [1.807, 2.05) is 27.7 Å². The summed E-state index contributed by atoms with van der Waals surface area (Å²) < 4.78 is 10.5. The Morgan fingerprint density at radius 2 is 1.44 bits per heavy atom. The summed E-state index contributed by atoms with van der Waals surface area (Å²) in [5.41, 5.74) is 0.356. The maximum atomic E-state index is 13.2. The van der Waals surface area contributed by atoms with Crippen molar-refractivity contribution < 1.29 is 23.9 Å². The summed E-state index contributed by atoms with van der Waals surface area (Å²) in [7, 11) is 3.03. The predicted octanol–water partition coefficient (Wildman–Crippen LogP) is 2.06. The van der Waals surface area contributed by atoms with E-state index in [1.54, 1.807) is 32.9 Å². The van der Waals surface area contributed by atoms with Gasteiger partial charge in [-0.3, -0.25) is 9.59 Å². The molecule has 4 amide bonds. The van der Waals surface area contributed by atoms with Crippen LogP contribution < -0.4 is 14.8 Å². The van der Waals surface area contributed by atoms with Gasteiger partial charge in [0.2, 0.25) is 5.91 Å². The smallest absolute Gasteiger partial charge is 0.320 e. The SMILES string of the molecule is CCN(CC)C(=O)N1CCN(C(=O)C(NC(=O)c2cc(OC)cc(OC)c2)C(C)C)CC1. The largest absolute Gasteiger partial charge is 0.497 e. The van der Waals surface area contributed by atoms with Gasteiger partial charge in [-0.1, -0.05) is 13.8 Å². The van der Waals surface area contributed by atoms with Crippen LogP contribution in [-0.2, 0) is 4.79 Å². The quantitative estimate of drug-likeness (QED) is 0.657. The third-order valence-corrected chi connectivity index (χ3v) is 5.73. The van der Waals surface area contributed by atoms with Crippen LogP contribution in [0, 0.1) is 5.92 Å². The van der Waals surface area contributed by atoms with Gasteiger partial charge in [0.15, 0.2) is 0 Å². The third kappa shape index (κ3) is 6.05. The Bertz CT molecular complexity index is 779. The van der Waals surface area contributed by atoms with E-state index in [0.717, 1.165) is 0 Å². The molecule has 0 saturated carbocycles. The zero-order valence-electron chi connectivity index (χ0n) is 20.0. The number of hydrogen-bond donors (Lipinski definition) is 1. The maximum absolute atomic E-state index is 13.2. The van der Waals surface area contributed by atoms with Crippen LogP contribution in [0.2, 0.25) is 0 Å². The van der Waals surface area contributed by atoms with E-state index in [2.05, 4.69) is 5.32 Å². The molecule has 1 heterocycles. The molecule has 0 bridgehead atoms. The number of nitrogens with one attached hydrogen (secondary N) is 1. The lowest BCUT2D eigenvalue weighted by Crippen LogP contribution is -2.58. The van der Waals surface area contributed by atoms with Crippen molar-refractivity contribution in [3.63, 3.8) is 0 Å². The van der Waals surface area contributed by atoms with Crippen LogP contribution in [-0.4, -0.2) is 92.1 Å². The molecule has 2 rings (SSSR count). The number of amides is 4. The van der Waals surface area contributed by atoms with Gasteiger partial charge in [0.05, 0.1) is 14.2 Å². The molecule has 1 aromatic carbocycles. The molecule has 1 fully saturated rings. The van der Waals surface area contributed by atoms with Gasteiger partial charge >= 0.3 is 6.03 Å². The minimum absolute atomic E-state index is 0.00258. The first-order valence-corrected chi connectivity index (χ1v) is 11.1. The van der Waals surface area contributed by atoms with Crippen LogP contribution in [0.25, 0.3) is 0 Å². The van der Waals surface area contributed by atoms with E-state index in [9.17, 15) is 14.4 Å². The highest BCUT2D eigenvalue weighted by atomic mass is 16.5. The summed E-state index contributed by atoms with van der Waals surface area (Å²) in [5.74, 6) is 0.379. The molecule has 1 aromatic rings. The molecule has 0 radical (unpaired) electrons. The van der Waals surface area contributed by atoms with Crippen LogP contribution in [0.1, 0.15) is 38.1 Å². The number of carbonyl (C=O) groups excluding carboxylic acids is 3. The van der Waals surface area contributed by atoms with Crippen LogP contribution >= 0.6 is 0 Å². The number of carbonyl (C=O) groups is 3. The number of rotatable bonds is 8. The molecule has 1 N–H and O–H groups in total. The second-order valence-corrected chi connectivity index (χ2v) is 8.06. The van der Waals surface area contributed by atoms with Crippen molar-refractivity contribution in [2.24, 2.45) is 5.92 Å². The molecule has 0 aliphatic carbocycles. The molecule has 1 atom stereocenters. The molecular formula is C23H36N4O5. The lowest BCUT2D eigenvalue weighted by atomic mass is 10.0. The number of nitrogens with zero attached hydrogens (tertiary/aromatic N) is 3. The molecule has 1 aliphatic heterocycles. The number of piperazine rings is 1. The van der Waals surface area contributed by atoms with Gasteiger partial charge in [0.1, 0.15) is 17.5 Å². The lowest BCUT2D eigenvalue weighted by Gasteiger charge is -2.39. The van der Waals surface area contributed by atoms with Crippen molar-refractivity contribution >= 4 is 17.8 Å². The van der Waals surface area contributed by atoms with E-state index in [4.69, 9.17) is 9.47 Å². The number of benzene rings is 1. The van der Waals surface area contributed by atoms with Gasteiger partial charge in [-0.2, -0.15) is 0 Å². The molecule has 32 heavy (non-hydrogen) atoms. The average molecular weight is 449 g/mol. The topological polar surface area (TPSA) is 91.4 Å². The molecule has 9 heteroatoms. The number of hydrogen-bond acceptors (Lipinski definition) is 5. The normalized spacial score (nSPS) is 14.7. The Labute approximate surface area is 190 Å². The molecule has 0 aromatic heterocycles. The standard InChI is InChI=1S/C23H36N4O5/c1-7-25(8-2)23(30)27-11-9-26(10-12-27)22(29)20(16(3)4)24-21(28)17-13-18(31-5)15-19(14-17)32-6/h13-16,20H,7-12H2,1-6H3,(H,24,28). The highest BCUT2D eigenvalue weighted by Gasteiger charge is 2.32. The fourth-order valence-corrected chi connectivity index (χ4v) is 3.69. The van der Waals surface area contributed by atoms with Gasteiger partial charge in [-0.15, -0.1) is 0 Å². The molecule has 9 nitrogen and oxygen atoms in total. The van der Waals surface area contributed by atoms with E-state index in [-0.39, 0.29) is 23.8 Å². The first-order chi connectivity index (χ1) is 15.2. The van der Waals surface area contributed by atoms with E-state index >= 15 is 0 Å². The highest BCUT2D eigenvalue weighted by Crippen LogP contribution is 2.23. The Hall–Kier alpha value is -2.97. The predicted molar refractivity (Wildman–Crippen MR) is 122 cm³/mol. The first-order valence-electron chi connectivity index (χ1n) is 11.1. The van der Waals surface area contributed by atoms with E-state index in [0.29, 0.717) is 56.3 Å². The van der Waals surface area contributed by atoms with E-state index in [1.165, 1.54) is 14.2 Å². The Kier molecular flexibility index (Phi) is 9.16. The Morgan fingerprint density at radius 1 is 0.938 bits per heavy atom. The van der Waals surface area contributed by atoms with Crippen molar-refractivity contribution in [1.29, 1.82) is 0 Å². The van der Waals surface area contributed by atoms with Crippen molar-refractivity contribution in [2.45, 2.75) is 33.7 Å². The van der Waals surface area contributed by atoms with Crippen LogP contribution in [0.5, 0.6) is 11.5 Å². The van der Waals surface area contributed by atoms with E-state index < -0.39 is 6.04 Å². The second kappa shape index (κ2) is 11.6. The highest BCUT2D eigenvalue weighted by molar-refractivity contribution is 5.98. The number of urea groups is 1. The summed E-state index contributed by atoms with van der Waals surface area (Å²) in [6.07, 6.45) is 0. The van der Waals surface area contributed by atoms with Crippen molar-refractivity contribution in [2.75, 3.05) is 53.5 Å². The summed E-state index contributed by atoms with van der Waals surface area (Å²) in [6, 6.07) is 4.22. The van der Waals surface area contributed by atoms with Gasteiger partial charge < -0.3 is 29.5 Å². The van der Waals surface area contributed by atoms with Crippen LogP contribution in [0.3, 0.4) is 0 Å². The third-order valence-electron chi connectivity index (χ3n) is 5.73. The molecular weight excluding hydrogens is 412 g/mol. The minimum atomic E-state index is -0.676. The number of ether oxygens (including phenoxy) is 2. The van der Waals surface area contributed by atoms with Gasteiger partial charge in [0.25, 0.3) is 5.91 Å². The monoisotopic (exact) mass is 448 g/mol. The van der Waals surface area contributed by atoms with Gasteiger partial charge in [0, 0.05) is 50.9 Å². The summed E-state index contributed by atoms with van der Waals surface area (Å²) >= 11 is 0. The van der Waals surface area contributed by atoms with Gasteiger partial charge in [-0.25, -0.2) is 4.79 Å². The zero-order valence-corrected chi connectivity index (χ0v) is 20.0. The van der Waals surface area contributed by atoms with Gasteiger partial charge in [-0.05, 0) is 31.9 Å². The number of methoxy groups -OCH3 is 2. The average Bonchev–Trinajstić information content (AvgIpc) is 2.82. The molecule has 1 aliphatic rings. The van der Waals surface area contributed by atoms with Crippen molar-refractivity contribution in [3.05, 3.63) is 23.8 Å². The fraction of sp³-hybridized carbons (Fsp3) is 0.609. The molecule has 1 saturated heterocycles. The lowest BCUT2D eigenvalue weighted by molar-refractivity contribution is -0.135.